The number of nitrogens with zero attached hydrogens (tertiary/aromatic N) is 1. The highest BCUT2D eigenvalue weighted by Crippen LogP contribution is 2.15. The molecule has 0 amide bonds. The molecule has 90 valence electrons. The number of anilines is 1. The van der Waals surface area contributed by atoms with E-state index in [-0.39, 0.29) is 12.1 Å². The first-order valence-corrected chi connectivity index (χ1v) is 6.60. The van der Waals surface area contributed by atoms with E-state index in [4.69, 9.17) is 0 Å². The highest BCUT2D eigenvalue weighted by atomic mass is 32.2. The average Bonchev–Trinajstić information content (AvgIpc) is 2.13. The summed E-state index contributed by atoms with van der Waals surface area (Å²) in [6, 6.07) is 1.32. The van der Waals surface area contributed by atoms with E-state index in [9.17, 15) is 13.2 Å². The van der Waals surface area contributed by atoms with Gasteiger partial charge >= 0.3 is 0 Å². The molecule has 0 unspecified atom stereocenters. The van der Waals surface area contributed by atoms with Gasteiger partial charge in [-0.3, -0.25) is 4.79 Å². The summed E-state index contributed by atoms with van der Waals surface area (Å²) >= 11 is 0. The molecule has 0 saturated heterocycles. The Morgan fingerprint density at radius 2 is 2.12 bits per heavy atom. The molecule has 6 nitrogen and oxygen atoms in total. The lowest BCUT2D eigenvalue weighted by atomic mass is 10.2. The van der Waals surface area contributed by atoms with Gasteiger partial charge in [-0.2, -0.15) is 5.10 Å². The Bertz CT molecular complexity index is 519. The minimum atomic E-state index is -3.15. The van der Waals surface area contributed by atoms with Gasteiger partial charge in [-0.15, -0.1) is 0 Å². The topological polar surface area (TPSA) is 91.9 Å². The van der Waals surface area contributed by atoms with Crippen molar-refractivity contribution in [3.05, 3.63) is 22.6 Å². The average molecular weight is 245 g/mol. The molecule has 1 heterocycles. The van der Waals surface area contributed by atoms with Crippen molar-refractivity contribution in [2.24, 2.45) is 0 Å². The van der Waals surface area contributed by atoms with Gasteiger partial charge in [-0.05, 0) is 13.8 Å². The van der Waals surface area contributed by atoms with Gasteiger partial charge in [0, 0.05) is 18.9 Å². The number of sulfone groups is 1. The first-order valence-electron chi connectivity index (χ1n) is 4.70. The Hall–Kier alpha value is -1.37. The number of hydrogen-bond donors (Lipinski definition) is 2. The lowest BCUT2D eigenvalue weighted by molar-refractivity contribution is 0.560. The first kappa shape index (κ1) is 12.7. The lowest BCUT2D eigenvalue weighted by Crippen LogP contribution is -2.38. The maximum absolute atomic E-state index is 11.4. The zero-order valence-corrected chi connectivity index (χ0v) is 10.3. The summed E-state index contributed by atoms with van der Waals surface area (Å²) in [5.74, 6) is 0. The van der Waals surface area contributed by atoms with Crippen molar-refractivity contribution < 1.29 is 8.42 Å². The van der Waals surface area contributed by atoms with Crippen LogP contribution in [0, 0.1) is 0 Å². The van der Waals surface area contributed by atoms with Crippen molar-refractivity contribution in [1.82, 2.24) is 10.2 Å². The van der Waals surface area contributed by atoms with Crippen LogP contribution in [-0.2, 0) is 9.84 Å². The van der Waals surface area contributed by atoms with Gasteiger partial charge < -0.3 is 5.32 Å². The molecule has 1 aromatic rings. The highest BCUT2D eigenvalue weighted by molar-refractivity contribution is 7.92. The molecule has 0 aromatic carbocycles. The first-order chi connectivity index (χ1) is 7.22. The predicted molar refractivity (Wildman–Crippen MR) is 62.3 cm³/mol. The summed E-state index contributed by atoms with van der Waals surface area (Å²) in [5.41, 5.74) is 0.169. The van der Waals surface area contributed by atoms with E-state index in [2.05, 4.69) is 15.5 Å². The third-order valence-corrected chi connectivity index (χ3v) is 4.54. The molecule has 0 bridgehead atoms. The molecule has 1 rings (SSSR count). The van der Waals surface area contributed by atoms with E-state index in [1.54, 1.807) is 13.8 Å². The van der Waals surface area contributed by atoms with Gasteiger partial charge in [0.1, 0.15) is 0 Å². The fourth-order valence-electron chi connectivity index (χ4n) is 0.919. The fraction of sp³-hybridized carbons (Fsp3) is 0.556. The molecule has 7 heteroatoms. The number of rotatable bonds is 4. The van der Waals surface area contributed by atoms with E-state index in [0.29, 0.717) is 5.69 Å². The van der Waals surface area contributed by atoms with Crippen LogP contribution < -0.4 is 10.9 Å². The number of aromatic amines is 1. The normalized spacial score (nSPS) is 12.4. The molecule has 2 N–H and O–H groups in total. The van der Waals surface area contributed by atoms with E-state index >= 15 is 0 Å². The molecular formula is C9H15N3O3S. The van der Waals surface area contributed by atoms with Crippen molar-refractivity contribution in [3.63, 3.8) is 0 Å². The van der Waals surface area contributed by atoms with Crippen LogP contribution in [0.5, 0.6) is 0 Å². The van der Waals surface area contributed by atoms with E-state index in [1.165, 1.54) is 18.5 Å². The molecular weight excluding hydrogens is 230 g/mol. The fourth-order valence-corrected chi connectivity index (χ4v) is 1.25. The van der Waals surface area contributed by atoms with Gasteiger partial charge in [0.15, 0.2) is 9.84 Å². The Kier molecular flexibility index (Phi) is 3.37. The maximum atomic E-state index is 11.4. The van der Waals surface area contributed by atoms with Crippen molar-refractivity contribution in [1.29, 1.82) is 0 Å². The van der Waals surface area contributed by atoms with Gasteiger partial charge in [-0.1, -0.05) is 0 Å². The Morgan fingerprint density at radius 1 is 1.50 bits per heavy atom. The zero-order valence-electron chi connectivity index (χ0n) is 9.44. The molecule has 0 spiro atoms. The molecule has 0 aliphatic rings. The summed E-state index contributed by atoms with van der Waals surface area (Å²) in [7, 11) is -3.15. The largest absolute Gasteiger partial charge is 0.382 e. The minimum absolute atomic E-state index is 0.219. The third-order valence-electron chi connectivity index (χ3n) is 2.39. The third kappa shape index (κ3) is 3.06. The molecule has 0 aliphatic heterocycles. The van der Waals surface area contributed by atoms with Crippen LogP contribution in [0.3, 0.4) is 0 Å². The maximum Gasteiger partial charge on any atom is 0.266 e. The van der Waals surface area contributed by atoms with Crippen LogP contribution in [-0.4, -0.2) is 36.2 Å². The van der Waals surface area contributed by atoms with Crippen LogP contribution in [0.15, 0.2) is 17.1 Å². The molecule has 0 atom stereocenters. The molecule has 0 radical (unpaired) electrons. The van der Waals surface area contributed by atoms with Crippen molar-refractivity contribution >= 4 is 15.5 Å². The molecule has 1 aromatic heterocycles. The van der Waals surface area contributed by atoms with Gasteiger partial charge in [0.05, 0.1) is 16.6 Å². The summed E-state index contributed by atoms with van der Waals surface area (Å²) < 4.78 is 21.9. The van der Waals surface area contributed by atoms with E-state index in [0.717, 1.165) is 0 Å². The Balaban J connectivity index is 2.76. The van der Waals surface area contributed by atoms with Crippen LogP contribution in [0.25, 0.3) is 0 Å². The van der Waals surface area contributed by atoms with Crippen molar-refractivity contribution in [3.8, 4) is 0 Å². The second kappa shape index (κ2) is 4.25. The Labute approximate surface area is 94.0 Å². The standard InChI is InChI=1S/C9H15N3O3S/c1-9(2,16(3,14)15)6-10-7-4-8(13)12-11-5-7/h4-5H,6H2,1-3H3,(H2,10,12,13). The van der Waals surface area contributed by atoms with Crippen LogP contribution in [0.1, 0.15) is 13.8 Å². The quantitative estimate of drug-likeness (QED) is 0.779. The number of hydrogen-bond acceptors (Lipinski definition) is 5. The van der Waals surface area contributed by atoms with E-state index in [1.807, 2.05) is 0 Å². The lowest BCUT2D eigenvalue weighted by Gasteiger charge is -2.23. The highest BCUT2D eigenvalue weighted by Gasteiger charge is 2.29. The van der Waals surface area contributed by atoms with Crippen molar-refractivity contribution in [2.75, 3.05) is 18.1 Å². The minimum Gasteiger partial charge on any atom is -0.382 e. The van der Waals surface area contributed by atoms with Crippen molar-refractivity contribution in [2.45, 2.75) is 18.6 Å². The molecule has 0 fully saturated rings. The monoisotopic (exact) mass is 245 g/mol. The molecule has 0 saturated carbocycles. The number of nitrogens with one attached hydrogen (secondary N) is 2. The Morgan fingerprint density at radius 3 is 2.62 bits per heavy atom. The van der Waals surface area contributed by atoms with Gasteiger partial charge in [0.25, 0.3) is 5.56 Å². The predicted octanol–water partition coefficient (Wildman–Crippen LogP) is 0.00500. The van der Waals surface area contributed by atoms with Crippen LogP contribution in [0.2, 0.25) is 0 Å². The van der Waals surface area contributed by atoms with Crippen LogP contribution >= 0.6 is 0 Å². The molecule has 0 aliphatic carbocycles. The number of aromatic nitrogens is 2. The second-order valence-electron chi connectivity index (χ2n) is 4.22. The summed E-state index contributed by atoms with van der Waals surface area (Å²) in [5, 5.41) is 8.70. The summed E-state index contributed by atoms with van der Waals surface area (Å²) in [4.78, 5) is 10.9. The number of H-pyrrole nitrogens is 1. The summed E-state index contributed by atoms with van der Waals surface area (Å²) in [6.45, 7) is 3.46. The zero-order chi connectivity index (χ0) is 12.4. The van der Waals surface area contributed by atoms with Crippen LogP contribution in [0.4, 0.5) is 5.69 Å². The smallest absolute Gasteiger partial charge is 0.266 e. The SMILES string of the molecule is CC(C)(CNc1cn[nH]c(=O)c1)S(C)(=O)=O. The van der Waals surface area contributed by atoms with Gasteiger partial charge in [-0.25, -0.2) is 13.5 Å². The summed E-state index contributed by atoms with van der Waals surface area (Å²) in [6.07, 6.45) is 2.62. The van der Waals surface area contributed by atoms with Gasteiger partial charge in [0.2, 0.25) is 0 Å². The second-order valence-corrected chi connectivity index (χ2v) is 6.87. The molecule has 16 heavy (non-hydrogen) atoms. The van der Waals surface area contributed by atoms with E-state index < -0.39 is 14.6 Å².